The second-order valence-corrected chi connectivity index (χ2v) is 13.3. The summed E-state index contributed by atoms with van der Waals surface area (Å²) in [6.07, 6.45) is 2.36. The Balaban J connectivity index is 1.49. The number of ether oxygens (including phenoxy) is 1. The van der Waals surface area contributed by atoms with Crippen LogP contribution in [-0.2, 0) is 42.6 Å². The first-order valence-corrected chi connectivity index (χ1v) is 15.2. The number of sulfone groups is 1. The number of benzene rings is 2. The molecule has 3 aromatic rings. The number of carbonyl (C=O) groups is 2. The van der Waals surface area contributed by atoms with Gasteiger partial charge in [0.25, 0.3) is 5.91 Å². The highest BCUT2D eigenvalue weighted by molar-refractivity contribution is 7.92. The Bertz CT molecular complexity index is 1480. The first kappa shape index (κ1) is 26.8. The number of esters is 1. The SMILES string of the molecule is CCOC(=O)Cc1nc(NC(=O)C(O)(c2ccc(S(=O)(=O)C3CC3)cc2)C2CCc3ccccc32)sc1Cl. The molecule has 2 atom stereocenters. The van der Waals surface area contributed by atoms with Crippen LogP contribution >= 0.6 is 22.9 Å². The quantitative estimate of drug-likeness (QED) is 0.363. The number of rotatable bonds is 9. The average molecular weight is 575 g/mol. The van der Waals surface area contributed by atoms with Crippen molar-refractivity contribution in [3.63, 3.8) is 0 Å². The van der Waals surface area contributed by atoms with Gasteiger partial charge in [-0.1, -0.05) is 59.3 Å². The molecule has 8 nitrogen and oxygen atoms in total. The van der Waals surface area contributed by atoms with E-state index in [1.54, 1.807) is 6.92 Å². The van der Waals surface area contributed by atoms with Crippen LogP contribution in [0.1, 0.15) is 54.5 Å². The number of nitrogens with one attached hydrogen (secondary N) is 1. The molecular weight excluding hydrogens is 548 g/mol. The number of carbonyl (C=O) groups excluding carboxylic acids is 2. The molecule has 2 aliphatic rings. The largest absolute Gasteiger partial charge is 0.466 e. The maximum Gasteiger partial charge on any atom is 0.311 e. The van der Waals surface area contributed by atoms with Crippen LogP contribution in [0.5, 0.6) is 0 Å². The van der Waals surface area contributed by atoms with Crippen LogP contribution in [0.4, 0.5) is 5.13 Å². The maximum absolute atomic E-state index is 13.8. The van der Waals surface area contributed by atoms with Crippen LogP contribution in [-0.4, -0.2) is 42.2 Å². The number of hydrogen-bond acceptors (Lipinski definition) is 8. The van der Waals surface area contributed by atoms with E-state index in [0.717, 1.165) is 22.5 Å². The van der Waals surface area contributed by atoms with Crippen molar-refractivity contribution < 1.29 is 27.9 Å². The van der Waals surface area contributed by atoms with E-state index < -0.39 is 33.2 Å². The summed E-state index contributed by atoms with van der Waals surface area (Å²) >= 11 is 7.25. The average Bonchev–Trinajstić information content (AvgIpc) is 3.60. The summed E-state index contributed by atoms with van der Waals surface area (Å²) in [5.41, 5.74) is 0.440. The van der Waals surface area contributed by atoms with E-state index in [4.69, 9.17) is 16.3 Å². The fourth-order valence-corrected chi connectivity index (χ4v) is 7.68. The van der Waals surface area contributed by atoms with Crippen molar-refractivity contribution in [1.29, 1.82) is 0 Å². The first-order chi connectivity index (χ1) is 18.1. The van der Waals surface area contributed by atoms with Gasteiger partial charge < -0.3 is 9.84 Å². The third kappa shape index (κ3) is 4.98. The molecule has 5 rings (SSSR count). The second-order valence-electron chi connectivity index (χ2n) is 9.50. The van der Waals surface area contributed by atoms with Crippen LogP contribution in [0, 0.1) is 0 Å². The Kier molecular flexibility index (Phi) is 7.34. The number of fused-ring (bicyclic) bond motifs is 1. The van der Waals surface area contributed by atoms with E-state index in [2.05, 4.69) is 10.3 Å². The molecule has 2 aromatic carbocycles. The van der Waals surface area contributed by atoms with Gasteiger partial charge in [-0.25, -0.2) is 13.4 Å². The van der Waals surface area contributed by atoms with Crippen molar-refractivity contribution in [1.82, 2.24) is 4.98 Å². The van der Waals surface area contributed by atoms with Crippen LogP contribution in [0.2, 0.25) is 4.34 Å². The molecule has 0 radical (unpaired) electrons. The molecule has 1 saturated carbocycles. The first-order valence-electron chi connectivity index (χ1n) is 12.4. The Morgan fingerprint density at radius 1 is 1.16 bits per heavy atom. The van der Waals surface area contributed by atoms with E-state index in [9.17, 15) is 23.1 Å². The molecular formula is C27H27ClN2O6S2. The number of aryl methyl sites for hydroxylation is 1. The van der Waals surface area contributed by atoms with E-state index in [1.165, 1.54) is 24.3 Å². The van der Waals surface area contributed by atoms with Crippen LogP contribution in [0.3, 0.4) is 0 Å². The molecule has 1 aromatic heterocycles. The van der Waals surface area contributed by atoms with Gasteiger partial charge in [0.05, 0.1) is 28.9 Å². The predicted molar refractivity (Wildman–Crippen MR) is 144 cm³/mol. The number of thiazole rings is 1. The number of hydrogen-bond donors (Lipinski definition) is 2. The van der Waals surface area contributed by atoms with Gasteiger partial charge in [0.15, 0.2) is 20.6 Å². The summed E-state index contributed by atoms with van der Waals surface area (Å²) < 4.78 is 30.6. The van der Waals surface area contributed by atoms with Crippen LogP contribution < -0.4 is 5.32 Å². The Hall–Kier alpha value is -2.79. The standard InChI is InChI=1S/C27H27ClN2O6S2/c1-2-36-23(31)15-22-24(28)37-26(29-22)30-25(32)27(33,21-14-7-16-5-3-4-6-20(16)21)17-8-10-18(11-9-17)38(34,35)19-12-13-19/h3-6,8-11,19,21,33H,2,7,12-15H2,1H3,(H,29,30,32). The summed E-state index contributed by atoms with van der Waals surface area (Å²) in [7, 11) is -3.42. The van der Waals surface area contributed by atoms with Crippen LogP contribution in [0.15, 0.2) is 53.4 Å². The van der Waals surface area contributed by atoms with E-state index in [0.29, 0.717) is 25.7 Å². The monoisotopic (exact) mass is 574 g/mol. The van der Waals surface area contributed by atoms with Gasteiger partial charge in [-0.3, -0.25) is 14.9 Å². The lowest BCUT2D eigenvalue weighted by Gasteiger charge is -2.33. The van der Waals surface area contributed by atoms with Gasteiger partial charge in [-0.2, -0.15) is 0 Å². The summed E-state index contributed by atoms with van der Waals surface area (Å²) in [5.74, 6) is -1.78. The van der Waals surface area contributed by atoms with Gasteiger partial charge >= 0.3 is 5.97 Å². The van der Waals surface area contributed by atoms with Gasteiger partial charge in [-0.15, -0.1) is 0 Å². The van der Waals surface area contributed by atoms with Crippen molar-refractivity contribution in [3.05, 3.63) is 75.3 Å². The van der Waals surface area contributed by atoms with Crippen LogP contribution in [0.25, 0.3) is 0 Å². The zero-order valence-electron chi connectivity index (χ0n) is 20.6. The Morgan fingerprint density at radius 3 is 2.55 bits per heavy atom. The third-order valence-electron chi connectivity index (χ3n) is 7.06. The summed E-state index contributed by atoms with van der Waals surface area (Å²) in [6.45, 7) is 1.92. The molecule has 0 spiro atoms. The Labute approximate surface area is 229 Å². The molecule has 0 saturated heterocycles. The van der Waals surface area contributed by atoms with Gasteiger partial charge in [0.2, 0.25) is 0 Å². The summed E-state index contributed by atoms with van der Waals surface area (Å²) in [6, 6.07) is 13.6. The summed E-state index contributed by atoms with van der Waals surface area (Å²) in [4.78, 5) is 30.2. The molecule has 1 fully saturated rings. The molecule has 1 heterocycles. The predicted octanol–water partition coefficient (Wildman–Crippen LogP) is 4.39. The second kappa shape index (κ2) is 10.4. The fourth-order valence-electron chi connectivity index (χ4n) is 4.99. The maximum atomic E-state index is 13.8. The fraction of sp³-hybridized carbons (Fsp3) is 0.370. The molecule has 38 heavy (non-hydrogen) atoms. The van der Waals surface area contributed by atoms with E-state index >= 15 is 0 Å². The minimum Gasteiger partial charge on any atom is -0.466 e. The van der Waals surface area contributed by atoms with Crippen molar-refractivity contribution in [2.24, 2.45) is 0 Å². The highest BCUT2D eigenvalue weighted by Gasteiger charge is 2.49. The molecule has 200 valence electrons. The normalized spacial score (nSPS) is 18.4. The number of nitrogens with zero attached hydrogens (tertiary/aromatic N) is 1. The van der Waals surface area contributed by atoms with Crippen molar-refractivity contribution >= 4 is 49.8 Å². The molecule has 2 N–H and O–H groups in total. The van der Waals surface area contributed by atoms with Gasteiger partial charge in [0.1, 0.15) is 4.34 Å². The number of amides is 1. The topological polar surface area (TPSA) is 123 Å². The molecule has 0 aliphatic heterocycles. The number of aromatic nitrogens is 1. The zero-order valence-corrected chi connectivity index (χ0v) is 23.0. The molecule has 2 unspecified atom stereocenters. The third-order valence-corrected chi connectivity index (χ3v) is 10.6. The highest BCUT2D eigenvalue weighted by Crippen LogP contribution is 2.47. The summed E-state index contributed by atoms with van der Waals surface area (Å²) in [5, 5.41) is 14.6. The minimum absolute atomic E-state index is 0.136. The van der Waals surface area contributed by atoms with Crippen molar-refractivity contribution in [3.8, 4) is 0 Å². The van der Waals surface area contributed by atoms with Crippen molar-refractivity contribution in [2.75, 3.05) is 11.9 Å². The Morgan fingerprint density at radius 2 is 1.87 bits per heavy atom. The number of aliphatic hydroxyl groups is 1. The molecule has 11 heteroatoms. The van der Waals surface area contributed by atoms with E-state index in [1.807, 2.05) is 24.3 Å². The van der Waals surface area contributed by atoms with Gasteiger partial charge in [-0.05, 0) is 61.4 Å². The lowest BCUT2D eigenvalue weighted by atomic mass is 9.77. The highest BCUT2D eigenvalue weighted by atomic mass is 35.5. The van der Waals surface area contributed by atoms with E-state index in [-0.39, 0.29) is 43.9 Å². The lowest BCUT2D eigenvalue weighted by molar-refractivity contribution is -0.142. The molecule has 0 bridgehead atoms. The van der Waals surface area contributed by atoms with Crippen molar-refractivity contribution in [2.45, 2.75) is 60.7 Å². The minimum atomic E-state index is -3.42. The lowest BCUT2D eigenvalue weighted by Crippen LogP contribution is -2.45. The zero-order chi connectivity index (χ0) is 27.1. The molecule has 2 aliphatic carbocycles. The number of halogens is 1. The van der Waals surface area contributed by atoms with Gasteiger partial charge in [0, 0.05) is 5.92 Å². The molecule has 1 amide bonds. The number of anilines is 1. The smallest absolute Gasteiger partial charge is 0.311 e.